The normalized spacial score (nSPS) is 18.9. The number of hydrogen-bond donors (Lipinski definition) is 1. The number of nitrogens with zero attached hydrogens (tertiary/aromatic N) is 3. The number of nitro benzene ring substituents is 1. The molecule has 104 valence electrons. The molecule has 3 rings (SSSR count). The van der Waals surface area contributed by atoms with Gasteiger partial charge < -0.3 is 9.84 Å². The van der Waals surface area contributed by atoms with Gasteiger partial charge in [-0.1, -0.05) is 5.16 Å². The van der Waals surface area contributed by atoms with Crippen molar-refractivity contribution in [2.45, 2.75) is 18.8 Å². The molecule has 0 unspecified atom stereocenters. The Hall–Kier alpha value is -2.28. The number of aromatic nitrogens is 2. The molecule has 0 aliphatic carbocycles. The first-order valence-corrected chi connectivity index (χ1v) is 6.53. The second-order valence-electron chi connectivity index (χ2n) is 4.80. The maximum atomic E-state index is 10.6. The van der Waals surface area contributed by atoms with E-state index in [-0.39, 0.29) is 11.6 Å². The minimum absolute atomic E-state index is 0.0500. The molecular weight excluding hydrogens is 260 g/mol. The van der Waals surface area contributed by atoms with Crippen molar-refractivity contribution in [1.29, 1.82) is 0 Å². The molecule has 1 fully saturated rings. The molecule has 20 heavy (non-hydrogen) atoms. The van der Waals surface area contributed by atoms with Crippen molar-refractivity contribution < 1.29 is 9.45 Å². The lowest BCUT2D eigenvalue weighted by Gasteiger charge is -2.18. The van der Waals surface area contributed by atoms with Gasteiger partial charge in [0, 0.05) is 24.2 Å². The van der Waals surface area contributed by atoms with Crippen molar-refractivity contribution in [2.75, 3.05) is 13.1 Å². The summed E-state index contributed by atoms with van der Waals surface area (Å²) in [6.45, 7) is 1.88. The number of rotatable bonds is 3. The van der Waals surface area contributed by atoms with E-state index in [4.69, 9.17) is 4.52 Å². The number of non-ortho nitro benzene ring substituents is 1. The van der Waals surface area contributed by atoms with Crippen LogP contribution < -0.4 is 5.32 Å². The highest BCUT2D eigenvalue weighted by atomic mass is 16.6. The topological polar surface area (TPSA) is 94.1 Å². The van der Waals surface area contributed by atoms with Crippen LogP contribution >= 0.6 is 0 Å². The van der Waals surface area contributed by atoms with E-state index in [9.17, 15) is 10.1 Å². The van der Waals surface area contributed by atoms with Crippen molar-refractivity contribution in [3.05, 3.63) is 40.3 Å². The van der Waals surface area contributed by atoms with Crippen LogP contribution in [0, 0.1) is 10.1 Å². The van der Waals surface area contributed by atoms with Crippen LogP contribution in [0.25, 0.3) is 11.4 Å². The van der Waals surface area contributed by atoms with E-state index < -0.39 is 4.92 Å². The first kappa shape index (κ1) is 12.7. The van der Waals surface area contributed by atoms with Crippen LogP contribution in [0.5, 0.6) is 0 Å². The lowest BCUT2D eigenvalue weighted by atomic mass is 10.00. The molecule has 0 saturated carbocycles. The maximum absolute atomic E-state index is 10.6. The summed E-state index contributed by atoms with van der Waals surface area (Å²) in [5.41, 5.74) is 0.767. The highest BCUT2D eigenvalue weighted by Crippen LogP contribution is 2.25. The van der Waals surface area contributed by atoms with Crippen LogP contribution in [0.4, 0.5) is 5.69 Å². The van der Waals surface area contributed by atoms with Gasteiger partial charge in [0.05, 0.1) is 10.8 Å². The van der Waals surface area contributed by atoms with E-state index >= 15 is 0 Å². The van der Waals surface area contributed by atoms with Crippen molar-refractivity contribution in [2.24, 2.45) is 0 Å². The molecule has 0 radical (unpaired) electrons. The Morgan fingerprint density at radius 3 is 2.80 bits per heavy atom. The molecule has 7 heteroatoms. The zero-order chi connectivity index (χ0) is 13.9. The molecule has 1 aliphatic rings. The summed E-state index contributed by atoms with van der Waals surface area (Å²) in [5, 5.41) is 17.9. The summed E-state index contributed by atoms with van der Waals surface area (Å²) in [7, 11) is 0. The standard InChI is InChI=1S/C13H14N4O3/c18-17(19)11-5-3-9(4-6-11)12-15-13(20-16-12)10-2-1-7-14-8-10/h3-6,10,14H,1-2,7-8H2/t10-/m1/s1. The Bertz CT molecular complexity index is 602. The summed E-state index contributed by atoms with van der Waals surface area (Å²) < 4.78 is 5.30. The Kier molecular flexibility index (Phi) is 3.42. The van der Waals surface area contributed by atoms with Crippen molar-refractivity contribution >= 4 is 5.69 Å². The van der Waals surface area contributed by atoms with Crippen LogP contribution in [-0.4, -0.2) is 28.2 Å². The van der Waals surface area contributed by atoms with Crippen molar-refractivity contribution in [1.82, 2.24) is 15.5 Å². The number of nitro groups is 1. The molecule has 7 nitrogen and oxygen atoms in total. The summed E-state index contributed by atoms with van der Waals surface area (Å²) in [6, 6.07) is 6.14. The predicted octanol–water partition coefficient (Wildman–Crippen LogP) is 2.11. The van der Waals surface area contributed by atoms with Crippen molar-refractivity contribution in [3.8, 4) is 11.4 Å². The van der Waals surface area contributed by atoms with Crippen LogP contribution in [0.3, 0.4) is 0 Å². The van der Waals surface area contributed by atoms with Gasteiger partial charge in [0.15, 0.2) is 0 Å². The lowest BCUT2D eigenvalue weighted by molar-refractivity contribution is -0.384. The fraction of sp³-hybridized carbons (Fsp3) is 0.385. The van der Waals surface area contributed by atoms with Crippen LogP contribution in [0.2, 0.25) is 0 Å². The van der Waals surface area contributed by atoms with Gasteiger partial charge in [-0.25, -0.2) is 0 Å². The highest BCUT2D eigenvalue weighted by Gasteiger charge is 2.21. The molecule has 0 bridgehead atoms. The van der Waals surface area contributed by atoms with E-state index in [1.165, 1.54) is 12.1 Å². The molecule has 2 aromatic rings. The molecule has 1 aromatic carbocycles. The van der Waals surface area contributed by atoms with Gasteiger partial charge in [0.1, 0.15) is 0 Å². The molecular formula is C13H14N4O3. The van der Waals surface area contributed by atoms with Gasteiger partial charge in [-0.3, -0.25) is 10.1 Å². The second kappa shape index (κ2) is 5.38. The van der Waals surface area contributed by atoms with Gasteiger partial charge in [-0.2, -0.15) is 4.98 Å². The fourth-order valence-corrected chi connectivity index (χ4v) is 2.31. The third-order valence-electron chi connectivity index (χ3n) is 3.42. The summed E-state index contributed by atoms with van der Waals surface area (Å²) >= 11 is 0. The summed E-state index contributed by atoms with van der Waals surface area (Å²) in [6.07, 6.45) is 2.13. The minimum atomic E-state index is -0.431. The van der Waals surface area contributed by atoms with Gasteiger partial charge >= 0.3 is 0 Å². The van der Waals surface area contributed by atoms with Crippen molar-refractivity contribution in [3.63, 3.8) is 0 Å². The average Bonchev–Trinajstić information content (AvgIpc) is 2.98. The average molecular weight is 274 g/mol. The van der Waals surface area contributed by atoms with Gasteiger partial charge in [0.25, 0.3) is 5.69 Å². The van der Waals surface area contributed by atoms with Crippen LogP contribution in [-0.2, 0) is 0 Å². The number of piperidine rings is 1. The summed E-state index contributed by atoms with van der Waals surface area (Å²) in [4.78, 5) is 14.6. The third-order valence-corrected chi connectivity index (χ3v) is 3.42. The first-order valence-electron chi connectivity index (χ1n) is 6.53. The quantitative estimate of drug-likeness (QED) is 0.680. The molecule has 0 amide bonds. The maximum Gasteiger partial charge on any atom is 0.269 e. The highest BCUT2D eigenvalue weighted by molar-refractivity contribution is 5.56. The molecule has 1 atom stereocenters. The first-order chi connectivity index (χ1) is 9.74. The Labute approximate surface area is 115 Å². The van der Waals surface area contributed by atoms with E-state index in [2.05, 4.69) is 15.5 Å². The van der Waals surface area contributed by atoms with E-state index in [1.807, 2.05) is 0 Å². The molecule has 1 N–H and O–H groups in total. The fourth-order valence-electron chi connectivity index (χ4n) is 2.31. The molecule has 1 aromatic heterocycles. The Balaban J connectivity index is 1.80. The largest absolute Gasteiger partial charge is 0.339 e. The zero-order valence-corrected chi connectivity index (χ0v) is 10.8. The molecule has 2 heterocycles. The molecule has 1 saturated heterocycles. The molecule has 1 aliphatic heterocycles. The van der Waals surface area contributed by atoms with Gasteiger partial charge in [-0.05, 0) is 31.5 Å². The zero-order valence-electron chi connectivity index (χ0n) is 10.8. The van der Waals surface area contributed by atoms with Gasteiger partial charge in [0.2, 0.25) is 11.7 Å². The number of benzene rings is 1. The Morgan fingerprint density at radius 2 is 2.15 bits per heavy atom. The number of hydrogen-bond acceptors (Lipinski definition) is 6. The van der Waals surface area contributed by atoms with E-state index in [1.54, 1.807) is 12.1 Å². The Morgan fingerprint density at radius 1 is 1.35 bits per heavy atom. The van der Waals surface area contributed by atoms with Gasteiger partial charge in [-0.15, -0.1) is 0 Å². The number of nitrogens with one attached hydrogen (secondary N) is 1. The monoisotopic (exact) mass is 274 g/mol. The second-order valence-corrected chi connectivity index (χ2v) is 4.80. The van der Waals surface area contributed by atoms with Crippen LogP contribution in [0.1, 0.15) is 24.7 Å². The minimum Gasteiger partial charge on any atom is -0.339 e. The van der Waals surface area contributed by atoms with Crippen LogP contribution in [0.15, 0.2) is 28.8 Å². The molecule has 0 spiro atoms. The van der Waals surface area contributed by atoms with E-state index in [0.29, 0.717) is 11.7 Å². The lowest BCUT2D eigenvalue weighted by Crippen LogP contribution is -2.28. The third kappa shape index (κ3) is 2.53. The van der Waals surface area contributed by atoms with E-state index in [0.717, 1.165) is 31.5 Å². The smallest absolute Gasteiger partial charge is 0.269 e. The predicted molar refractivity (Wildman–Crippen MR) is 71.2 cm³/mol. The summed E-state index contributed by atoms with van der Waals surface area (Å²) in [5.74, 6) is 1.36. The SMILES string of the molecule is O=[N+]([O-])c1ccc(-c2noc([C@@H]3CCCNC3)n2)cc1.